The van der Waals surface area contributed by atoms with Crippen molar-refractivity contribution in [3.63, 3.8) is 0 Å². The predicted molar refractivity (Wildman–Crippen MR) is 64.4 cm³/mol. The lowest BCUT2D eigenvalue weighted by atomic mass is 10.2. The summed E-state index contributed by atoms with van der Waals surface area (Å²) in [5.41, 5.74) is -0.0990. The largest absolute Gasteiger partial charge is 0.454 e. The lowest BCUT2D eigenvalue weighted by molar-refractivity contribution is 0.112. The maximum absolute atomic E-state index is 13.7. The topological polar surface area (TPSA) is 44.8 Å². The van der Waals surface area contributed by atoms with Crippen molar-refractivity contribution in [1.29, 1.82) is 0 Å². The number of rotatable bonds is 3. The van der Waals surface area contributed by atoms with Crippen LogP contribution in [0.15, 0.2) is 30.3 Å². The first-order chi connectivity index (χ1) is 9.67. The zero-order valence-electron chi connectivity index (χ0n) is 10.1. The molecule has 0 aromatic heterocycles. The summed E-state index contributed by atoms with van der Waals surface area (Å²) in [5, 5.41) is 0. The van der Waals surface area contributed by atoms with Gasteiger partial charge in [-0.05, 0) is 24.3 Å². The third kappa shape index (κ3) is 2.16. The fourth-order valence-corrected chi connectivity index (χ4v) is 1.80. The van der Waals surface area contributed by atoms with E-state index in [0.29, 0.717) is 17.8 Å². The Labute approximate surface area is 112 Å². The second-order valence-corrected chi connectivity index (χ2v) is 4.05. The summed E-state index contributed by atoms with van der Waals surface area (Å²) in [6, 6.07) is 6.35. The highest BCUT2D eigenvalue weighted by molar-refractivity contribution is 5.75. The highest BCUT2D eigenvalue weighted by atomic mass is 19.1. The quantitative estimate of drug-likeness (QED) is 0.808. The van der Waals surface area contributed by atoms with E-state index in [9.17, 15) is 13.6 Å². The van der Waals surface area contributed by atoms with Crippen LogP contribution in [0.1, 0.15) is 10.4 Å². The van der Waals surface area contributed by atoms with Gasteiger partial charge in [0.25, 0.3) is 0 Å². The number of ether oxygens (including phenoxy) is 3. The van der Waals surface area contributed by atoms with Gasteiger partial charge in [0.05, 0.1) is 0 Å². The van der Waals surface area contributed by atoms with Crippen LogP contribution in [0.25, 0.3) is 0 Å². The molecule has 0 radical (unpaired) electrons. The van der Waals surface area contributed by atoms with Gasteiger partial charge in [0.15, 0.2) is 28.9 Å². The second kappa shape index (κ2) is 4.80. The standard InChI is InChI=1S/C14H8F2O4/c15-10-3-8(6-17)4-11(16)14(10)20-9-1-2-12-13(5-9)19-7-18-12/h1-6H,7H2. The van der Waals surface area contributed by atoms with Gasteiger partial charge in [-0.1, -0.05) is 0 Å². The molecule has 0 bridgehead atoms. The van der Waals surface area contributed by atoms with Gasteiger partial charge in [-0.25, -0.2) is 8.78 Å². The third-order valence-corrected chi connectivity index (χ3v) is 2.72. The van der Waals surface area contributed by atoms with Crippen LogP contribution >= 0.6 is 0 Å². The predicted octanol–water partition coefficient (Wildman–Crippen LogP) is 3.30. The van der Waals surface area contributed by atoms with E-state index in [1.54, 1.807) is 6.07 Å². The maximum atomic E-state index is 13.7. The summed E-state index contributed by atoms with van der Waals surface area (Å²) in [6.07, 6.45) is 0.358. The number of aldehydes is 1. The number of hydrogen-bond donors (Lipinski definition) is 0. The molecule has 0 unspecified atom stereocenters. The number of carbonyl (C=O) groups excluding carboxylic acids is 1. The minimum atomic E-state index is -0.954. The molecule has 1 aliphatic heterocycles. The molecule has 0 amide bonds. The molecule has 0 spiro atoms. The zero-order valence-corrected chi connectivity index (χ0v) is 10.1. The zero-order chi connectivity index (χ0) is 14.1. The molecule has 102 valence electrons. The SMILES string of the molecule is O=Cc1cc(F)c(Oc2ccc3c(c2)OCO3)c(F)c1. The number of hydrogen-bond acceptors (Lipinski definition) is 4. The number of carbonyl (C=O) groups is 1. The van der Waals surface area contributed by atoms with E-state index < -0.39 is 17.4 Å². The van der Waals surface area contributed by atoms with E-state index in [1.165, 1.54) is 12.1 Å². The van der Waals surface area contributed by atoms with Crippen LogP contribution < -0.4 is 14.2 Å². The molecule has 6 heteroatoms. The van der Waals surface area contributed by atoms with Crippen LogP contribution in [0.5, 0.6) is 23.0 Å². The van der Waals surface area contributed by atoms with Crippen LogP contribution in [0.4, 0.5) is 8.78 Å². The fraction of sp³-hybridized carbons (Fsp3) is 0.0714. The van der Waals surface area contributed by atoms with Gasteiger partial charge in [0.2, 0.25) is 6.79 Å². The summed E-state index contributed by atoms with van der Waals surface area (Å²) in [5.74, 6) is -1.31. The first kappa shape index (κ1) is 12.4. The minimum absolute atomic E-state index is 0.0928. The Bertz CT molecular complexity index is 662. The van der Waals surface area contributed by atoms with Gasteiger partial charge in [-0.2, -0.15) is 0 Å². The Morgan fingerprint density at radius 2 is 1.75 bits per heavy atom. The molecular formula is C14H8F2O4. The van der Waals surface area contributed by atoms with Crippen molar-refractivity contribution in [2.45, 2.75) is 0 Å². The van der Waals surface area contributed by atoms with E-state index >= 15 is 0 Å². The Hall–Kier alpha value is -2.63. The normalized spacial score (nSPS) is 12.3. The third-order valence-electron chi connectivity index (χ3n) is 2.72. The van der Waals surface area contributed by atoms with Crippen LogP contribution in [0.2, 0.25) is 0 Å². The summed E-state index contributed by atoms with van der Waals surface area (Å²) >= 11 is 0. The molecule has 0 saturated heterocycles. The smallest absolute Gasteiger partial charge is 0.231 e. The molecule has 2 aromatic carbocycles. The number of halogens is 2. The van der Waals surface area contributed by atoms with Crippen molar-refractivity contribution < 1.29 is 27.8 Å². The summed E-state index contributed by atoms with van der Waals surface area (Å²) in [4.78, 5) is 10.5. The average Bonchev–Trinajstić information content (AvgIpc) is 2.90. The molecule has 0 atom stereocenters. The van der Waals surface area contributed by atoms with Gasteiger partial charge >= 0.3 is 0 Å². The average molecular weight is 278 g/mol. The highest BCUT2D eigenvalue weighted by Gasteiger charge is 2.17. The fourth-order valence-electron chi connectivity index (χ4n) is 1.80. The van der Waals surface area contributed by atoms with Crippen molar-refractivity contribution in [2.24, 2.45) is 0 Å². The molecule has 0 saturated carbocycles. The molecule has 2 aromatic rings. The van der Waals surface area contributed by atoms with E-state index in [-0.39, 0.29) is 18.1 Å². The van der Waals surface area contributed by atoms with Crippen molar-refractivity contribution in [3.05, 3.63) is 47.5 Å². The first-order valence-corrected chi connectivity index (χ1v) is 5.69. The van der Waals surface area contributed by atoms with Crippen molar-refractivity contribution >= 4 is 6.29 Å². The number of benzene rings is 2. The van der Waals surface area contributed by atoms with Gasteiger partial charge in [-0.3, -0.25) is 4.79 Å². The van der Waals surface area contributed by atoms with E-state index in [0.717, 1.165) is 12.1 Å². The molecule has 0 N–H and O–H groups in total. The summed E-state index contributed by atoms with van der Waals surface area (Å²) in [7, 11) is 0. The van der Waals surface area contributed by atoms with Crippen molar-refractivity contribution in [2.75, 3.05) is 6.79 Å². The molecular weight excluding hydrogens is 270 g/mol. The van der Waals surface area contributed by atoms with E-state index in [4.69, 9.17) is 14.2 Å². The van der Waals surface area contributed by atoms with Crippen LogP contribution in [-0.4, -0.2) is 13.1 Å². The van der Waals surface area contributed by atoms with E-state index in [2.05, 4.69) is 0 Å². The van der Waals surface area contributed by atoms with Crippen LogP contribution in [-0.2, 0) is 0 Å². The molecule has 1 aliphatic rings. The maximum Gasteiger partial charge on any atom is 0.231 e. The Morgan fingerprint density at radius 1 is 1.05 bits per heavy atom. The lowest BCUT2D eigenvalue weighted by Crippen LogP contribution is -1.95. The molecule has 4 nitrogen and oxygen atoms in total. The molecule has 0 fully saturated rings. The van der Waals surface area contributed by atoms with E-state index in [1.807, 2.05) is 0 Å². The van der Waals surface area contributed by atoms with Crippen LogP contribution in [0.3, 0.4) is 0 Å². The molecule has 0 aliphatic carbocycles. The van der Waals surface area contributed by atoms with Gasteiger partial charge in [-0.15, -0.1) is 0 Å². The first-order valence-electron chi connectivity index (χ1n) is 5.69. The van der Waals surface area contributed by atoms with Crippen molar-refractivity contribution in [1.82, 2.24) is 0 Å². The van der Waals surface area contributed by atoms with Gasteiger partial charge < -0.3 is 14.2 Å². The molecule has 20 heavy (non-hydrogen) atoms. The summed E-state index contributed by atoms with van der Waals surface area (Å²) in [6.45, 7) is 0.0928. The van der Waals surface area contributed by atoms with Crippen LogP contribution in [0, 0.1) is 11.6 Å². The monoisotopic (exact) mass is 278 g/mol. The second-order valence-electron chi connectivity index (χ2n) is 4.05. The Balaban J connectivity index is 1.93. The summed E-state index contributed by atoms with van der Waals surface area (Å²) < 4.78 is 42.8. The number of fused-ring (bicyclic) bond motifs is 1. The molecule has 3 rings (SSSR count). The Kier molecular flexibility index (Phi) is 2.98. The highest BCUT2D eigenvalue weighted by Crippen LogP contribution is 2.37. The lowest BCUT2D eigenvalue weighted by Gasteiger charge is -2.09. The molecule has 1 heterocycles. The van der Waals surface area contributed by atoms with Gasteiger partial charge in [0, 0.05) is 11.6 Å². The minimum Gasteiger partial charge on any atom is -0.454 e. The Morgan fingerprint density at radius 3 is 2.45 bits per heavy atom. The van der Waals surface area contributed by atoms with Gasteiger partial charge in [0.1, 0.15) is 12.0 Å². The van der Waals surface area contributed by atoms with Crippen molar-refractivity contribution in [3.8, 4) is 23.0 Å².